The topological polar surface area (TPSA) is 89.7 Å². The fourth-order valence-electron chi connectivity index (χ4n) is 1.95. The molecule has 0 bridgehead atoms. The number of hydrogen-bond acceptors (Lipinski definition) is 4. The van der Waals surface area contributed by atoms with Gasteiger partial charge in [-0.1, -0.05) is 12.1 Å². The number of anilines is 1. The highest BCUT2D eigenvalue weighted by Crippen LogP contribution is 2.33. The van der Waals surface area contributed by atoms with Gasteiger partial charge in [0.05, 0.1) is 12.2 Å². The maximum absolute atomic E-state index is 11.8. The predicted molar refractivity (Wildman–Crippen MR) is 71.9 cm³/mol. The van der Waals surface area contributed by atoms with E-state index in [2.05, 4.69) is 0 Å². The van der Waals surface area contributed by atoms with E-state index in [1.165, 1.54) is 4.90 Å². The van der Waals surface area contributed by atoms with E-state index >= 15 is 0 Å². The van der Waals surface area contributed by atoms with Gasteiger partial charge in [0.25, 0.3) is 0 Å². The summed E-state index contributed by atoms with van der Waals surface area (Å²) in [6.45, 7) is 0.110. The zero-order valence-electron chi connectivity index (χ0n) is 9.95. The minimum Gasteiger partial charge on any atom is -0.485 e. The maximum Gasteiger partial charge on any atom is 0.242 e. The molecule has 1 aliphatic heterocycles. The Morgan fingerprint density at radius 2 is 2.16 bits per heavy atom. The van der Waals surface area contributed by atoms with Crippen LogP contribution in [-0.2, 0) is 14.8 Å². The van der Waals surface area contributed by atoms with Crippen LogP contribution in [0, 0.1) is 0 Å². The molecular weight excluding hydrogens is 292 g/mol. The molecule has 2 rings (SSSR count). The standard InChI is InChI=1S/C11H13ClN2O4S/c12-5-11(15)14-6-8(7-19(13,16)17)18-10-4-2-1-3-9(10)14/h1-4,8H,5-7H2,(H2,13,16,17). The molecule has 0 aliphatic carbocycles. The molecule has 104 valence electrons. The summed E-state index contributed by atoms with van der Waals surface area (Å²) in [7, 11) is -3.68. The van der Waals surface area contributed by atoms with Crippen LogP contribution in [0.25, 0.3) is 0 Å². The Morgan fingerprint density at radius 3 is 2.79 bits per heavy atom. The quantitative estimate of drug-likeness (QED) is 0.814. The number of alkyl halides is 1. The van der Waals surface area contributed by atoms with Gasteiger partial charge < -0.3 is 9.64 Å². The van der Waals surface area contributed by atoms with Crippen LogP contribution in [0.4, 0.5) is 5.69 Å². The van der Waals surface area contributed by atoms with Gasteiger partial charge in [0, 0.05) is 0 Å². The van der Waals surface area contributed by atoms with Crippen LogP contribution >= 0.6 is 11.6 Å². The summed E-state index contributed by atoms with van der Waals surface area (Å²) in [6, 6.07) is 6.88. The number of nitrogens with zero attached hydrogens (tertiary/aromatic N) is 1. The number of amides is 1. The fraction of sp³-hybridized carbons (Fsp3) is 0.364. The first-order chi connectivity index (χ1) is 8.90. The lowest BCUT2D eigenvalue weighted by atomic mass is 10.2. The van der Waals surface area contributed by atoms with Gasteiger partial charge in [0.1, 0.15) is 23.5 Å². The second-order valence-electron chi connectivity index (χ2n) is 4.18. The summed E-state index contributed by atoms with van der Waals surface area (Å²) >= 11 is 5.56. The van der Waals surface area contributed by atoms with Crippen LogP contribution in [0.2, 0.25) is 0 Å². The van der Waals surface area contributed by atoms with Crippen LogP contribution in [0.15, 0.2) is 24.3 Å². The molecule has 1 atom stereocenters. The Kier molecular flexibility index (Phi) is 3.98. The average Bonchev–Trinajstić information content (AvgIpc) is 2.35. The van der Waals surface area contributed by atoms with Crippen LogP contribution in [0.5, 0.6) is 5.75 Å². The van der Waals surface area contributed by atoms with Crippen molar-refractivity contribution in [3.63, 3.8) is 0 Å². The maximum atomic E-state index is 11.8. The van der Waals surface area contributed by atoms with Crippen LogP contribution in [0.1, 0.15) is 0 Å². The Labute approximate surface area is 116 Å². The molecular formula is C11H13ClN2O4S. The van der Waals surface area contributed by atoms with Gasteiger partial charge >= 0.3 is 0 Å². The lowest BCUT2D eigenvalue weighted by Crippen LogP contribution is -2.47. The number of hydrogen-bond donors (Lipinski definition) is 1. The normalized spacial score (nSPS) is 18.6. The molecule has 1 heterocycles. The minimum absolute atomic E-state index is 0.110. The second-order valence-corrected chi connectivity index (χ2v) is 6.10. The molecule has 1 aromatic rings. The van der Waals surface area contributed by atoms with Crippen LogP contribution < -0.4 is 14.8 Å². The van der Waals surface area contributed by atoms with Gasteiger partial charge in [-0.15, -0.1) is 11.6 Å². The first kappa shape index (κ1) is 14.1. The molecule has 0 fully saturated rings. The van der Waals surface area contributed by atoms with Gasteiger partial charge in [-0.3, -0.25) is 4.79 Å². The summed E-state index contributed by atoms with van der Waals surface area (Å²) in [5.41, 5.74) is 0.582. The number of carbonyl (C=O) groups excluding carboxylic acids is 1. The highest BCUT2D eigenvalue weighted by atomic mass is 35.5. The van der Waals surface area contributed by atoms with Crippen molar-refractivity contribution in [2.24, 2.45) is 5.14 Å². The number of carbonyl (C=O) groups is 1. The fourth-order valence-corrected chi connectivity index (χ4v) is 2.79. The molecule has 1 aromatic carbocycles. The van der Waals surface area contributed by atoms with E-state index in [0.717, 1.165) is 0 Å². The number of sulfonamides is 1. The summed E-state index contributed by atoms with van der Waals surface area (Å²) in [6.07, 6.45) is -0.697. The molecule has 1 unspecified atom stereocenters. The zero-order chi connectivity index (χ0) is 14.0. The van der Waals surface area contributed by atoms with Gasteiger partial charge in [0.2, 0.25) is 15.9 Å². The molecule has 0 saturated carbocycles. The molecule has 0 radical (unpaired) electrons. The number of primary sulfonamides is 1. The number of nitrogens with two attached hydrogens (primary N) is 1. The average molecular weight is 305 g/mol. The van der Waals surface area contributed by atoms with Crippen LogP contribution in [0.3, 0.4) is 0 Å². The second kappa shape index (κ2) is 5.36. The molecule has 6 nitrogen and oxygen atoms in total. The first-order valence-corrected chi connectivity index (χ1v) is 7.78. The van der Waals surface area contributed by atoms with E-state index < -0.39 is 16.1 Å². The molecule has 2 N–H and O–H groups in total. The third-order valence-corrected chi connectivity index (χ3v) is 3.73. The van der Waals surface area contributed by atoms with Crippen molar-refractivity contribution < 1.29 is 17.9 Å². The number of rotatable bonds is 3. The van der Waals surface area contributed by atoms with E-state index in [0.29, 0.717) is 11.4 Å². The largest absolute Gasteiger partial charge is 0.485 e. The van der Waals surface area contributed by atoms with E-state index in [9.17, 15) is 13.2 Å². The molecule has 0 saturated heterocycles. The smallest absolute Gasteiger partial charge is 0.242 e. The number of fused-ring (bicyclic) bond motifs is 1. The Bertz CT molecular complexity index is 590. The Balaban J connectivity index is 2.32. The zero-order valence-corrected chi connectivity index (χ0v) is 11.5. The van der Waals surface area contributed by atoms with E-state index in [1.54, 1.807) is 24.3 Å². The molecule has 1 amide bonds. The van der Waals surface area contributed by atoms with Crippen molar-refractivity contribution in [1.29, 1.82) is 0 Å². The van der Waals surface area contributed by atoms with E-state index in [-0.39, 0.29) is 24.1 Å². The highest BCUT2D eigenvalue weighted by molar-refractivity contribution is 7.89. The predicted octanol–water partition coefficient (Wildman–Crippen LogP) is 0.308. The summed E-state index contributed by atoms with van der Waals surface area (Å²) in [4.78, 5) is 13.2. The summed E-state index contributed by atoms with van der Waals surface area (Å²) in [5, 5.41) is 5.00. The molecule has 8 heteroatoms. The monoisotopic (exact) mass is 304 g/mol. The molecule has 19 heavy (non-hydrogen) atoms. The highest BCUT2D eigenvalue weighted by Gasteiger charge is 2.31. The number of ether oxygens (including phenoxy) is 1. The number of para-hydroxylation sites is 2. The minimum atomic E-state index is -3.68. The van der Waals surface area contributed by atoms with Crippen molar-refractivity contribution in [3.05, 3.63) is 24.3 Å². The van der Waals surface area contributed by atoms with E-state index in [1.807, 2.05) is 0 Å². The SMILES string of the molecule is NS(=O)(=O)CC1CN(C(=O)CCl)c2ccccc2O1. The summed E-state index contributed by atoms with van der Waals surface area (Å²) < 4.78 is 27.8. The van der Waals surface area contributed by atoms with Gasteiger partial charge in [0.15, 0.2) is 0 Å². The van der Waals surface area contributed by atoms with Gasteiger partial charge in [-0.25, -0.2) is 13.6 Å². The molecule has 1 aliphatic rings. The third-order valence-electron chi connectivity index (χ3n) is 2.67. The summed E-state index contributed by atoms with van der Waals surface area (Å²) in [5.74, 6) is -0.401. The van der Waals surface area contributed by atoms with Crippen molar-refractivity contribution in [3.8, 4) is 5.75 Å². The molecule has 0 aromatic heterocycles. The van der Waals surface area contributed by atoms with Crippen molar-refractivity contribution in [2.45, 2.75) is 6.10 Å². The number of halogens is 1. The Hall–Kier alpha value is -1.31. The molecule has 0 spiro atoms. The third kappa shape index (κ3) is 3.37. The first-order valence-electron chi connectivity index (χ1n) is 5.53. The van der Waals surface area contributed by atoms with Crippen LogP contribution in [-0.4, -0.2) is 38.6 Å². The van der Waals surface area contributed by atoms with Crippen molar-refractivity contribution in [2.75, 3.05) is 23.1 Å². The van der Waals surface area contributed by atoms with E-state index in [4.69, 9.17) is 21.5 Å². The van der Waals surface area contributed by atoms with Crippen molar-refractivity contribution in [1.82, 2.24) is 0 Å². The Morgan fingerprint density at radius 1 is 1.47 bits per heavy atom. The van der Waals surface area contributed by atoms with Gasteiger partial charge in [-0.2, -0.15) is 0 Å². The lowest BCUT2D eigenvalue weighted by molar-refractivity contribution is -0.116. The lowest BCUT2D eigenvalue weighted by Gasteiger charge is -2.34. The van der Waals surface area contributed by atoms with Crippen molar-refractivity contribution >= 4 is 33.2 Å². The van der Waals surface area contributed by atoms with Gasteiger partial charge in [-0.05, 0) is 12.1 Å². The number of benzene rings is 1.